The number of amides is 1. The molecule has 0 atom stereocenters. The predicted molar refractivity (Wildman–Crippen MR) is 84.0 cm³/mol. The predicted octanol–water partition coefficient (Wildman–Crippen LogP) is 3.71. The fourth-order valence-corrected chi connectivity index (χ4v) is 1.99. The highest BCUT2D eigenvalue weighted by molar-refractivity contribution is 6.42. The van der Waals surface area contributed by atoms with Gasteiger partial charge in [0.15, 0.2) is 6.61 Å². The van der Waals surface area contributed by atoms with Gasteiger partial charge in [0.05, 0.1) is 15.6 Å². The fourth-order valence-electron chi connectivity index (χ4n) is 1.69. The van der Waals surface area contributed by atoms with Crippen LogP contribution in [0, 0.1) is 0 Å². The van der Waals surface area contributed by atoms with E-state index in [1.54, 1.807) is 24.3 Å². The van der Waals surface area contributed by atoms with Crippen LogP contribution in [0.5, 0.6) is 5.75 Å². The molecule has 2 N–H and O–H groups in total. The lowest BCUT2D eigenvalue weighted by Crippen LogP contribution is -2.16. The molecule has 0 aliphatic rings. The van der Waals surface area contributed by atoms with Crippen LogP contribution in [0.1, 0.15) is 10.4 Å². The Balaban J connectivity index is 2.18. The second kappa shape index (κ2) is 7.15. The van der Waals surface area contributed by atoms with Crippen molar-refractivity contribution in [3.8, 4) is 5.75 Å². The van der Waals surface area contributed by atoms with Gasteiger partial charge in [-0.15, -0.1) is 0 Å². The Kier molecular flexibility index (Phi) is 5.25. The molecule has 0 spiro atoms. The molecule has 1 amide bonds. The lowest BCUT2D eigenvalue weighted by atomic mass is 10.2. The van der Waals surface area contributed by atoms with Crippen molar-refractivity contribution < 1.29 is 19.4 Å². The largest absolute Gasteiger partial charge is 0.481 e. The van der Waals surface area contributed by atoms with E-state index in [-0.39, 0.29) is 11.3 Å². The van der Waals surface area contributed by atoms with E-state index >= 15 is 0 Å². The van der Waals surface area contributed by atoms with Crippen molar-refractivity contribution in [2.45, 2.75) is 0 Å². The van der Waals surface area contributed by atoms with Gasteiger partial charge >= 0.3 is 5.97 Å². The molecule has 22 heavy (non-hydrogen) atoms. The normalized spacial score (nSPS) is 10.1. The van der Waals surface area contributed by atoms with E-state index in [1.165, 1.54) is 18.2 Å². The molecule has 0 aliphatic carbocycles. The number of para-hydroxylation sites is 1. The van der Waals surface area contributed by atoms with Gasteiger partial charge in [-0.25, -0.2) is 4.79 Å². The van der Waals surface area contributed by atoms with Crippen molar-refractivity contribution in [1.29, 1.82) is 0 Å². The third-order valence-corrected chi connectivity index (χ3v) is 3.40. The van der Waals surface area contributed by atoms with Crippen LogP contribution in [-0.4, -0.2) is 23.6 Å². The SMILES string of the molecule is O=C(O)COc1ccccc1C(=O)Nc1ccc(Cl)c(Cl)c1. The summed E-state index contributed by atoms with van der Waals surface area (Å²) >= 11 is 11.7. The number of hydrogen-bond donors (Lipinski definition) is 2. The van der Waals surface area contributed by atoms with Crippen molar-refractivity contribution in [3.63, 3.8) is 0 Å². The Bertz CT molecular complexity index is 718. The van der Waals surface area contributed by atoms with Gasteiger partial charge in [0.25, 0.3) is 5.91 Å². The lowest BCUT2D eigenvalue weighted by Gasteiger charge is -2.11. The molecule has 0 bridgehead atoms. The number of aliphatic carboxylic acids is 1. The van der Waals surface area contributed by atoms with Crippen LogP contribution < -0.4 is 10.1 Å². The summed E-state index contributed by atoms with van der Waals surface area (Å²) in [5, 5.41) is 12.0. The molecule has 0 fully saturated rings. The number of carbonyl (C=O) groups is 2. The van der Waals surface area contributed by atoms with Crippen LogP contribution in [-0.2, 0) is 4.79 Å². The van der Waals surface area contributed by atoms with Crippen molar-refractivity contribution in [2.75, 3.05) is 11.9 Å². The number of rotatable bonds is 5. The molecular weight excluding hydrogens is 329 g/mol. The first-order chi connectivity index (χ1) is 10.5. The number of ether oxygens (including phenoxy) is 1. The molecule has 0 saturated carbocycles. The smallest absolute Gasteiger partial charge is 0.341 e. The van der Waals surface area contributed by atoms with E-state index in [4.69, 9.17) is 33.0 Å². The molecular formula is C15H11Cl2NO4. The Hall–Kier alpha value is -2.24. The second-order valence-electron chi connectivity index (χ2n) is 4.26. The quantitative estimate of drug-likeness (QED) is 0.870. The third-order valence-electron chi connectivity index (χ3n) is 2.66. The maximum Gasteiger partial charge on any atom is 0.341 e. The van der Waals surface area contributed by atoms with Crippen molar-refractivity contribution in [2.24, 2.45) is 0 Å². The topological polar surface area (TPSA) is 75.6 Å². The number of benzene rings is 2. The second-order valence-corrected chi connectivity index (χ2v) is 5.08. The average molecular weight is 340 g/mol. The zero-order valence-corrected chi connectivity index (χ0v) is 12.7. The summed E-state index contributed by atoms with van der Waals surface area (Å²) < 4.78 is 5.09. The van der Waals surface area contributed by atoms with E-state index in [0.29, 0.717) is 15.7 Å². The van der Waals surface area contributed by atoms with Gasteiger partial charge in [0.1, 0.15) is 5.75 Å². The highest BCUT2D eigenvalue weighted by Crippen LogP contribution is 2.26. The van der Waals surface area contributed by atoms with Crippen LogP contribution >= 0.6 is 23.2 Å². The van der Waals surface area contributed by atoms with E-state index in [2.05, 4.69) is 5.32 Å². The van der Waals surface area contributed by atoms with Crippen molar-refractivity contribution >= 4 is 40.8 Å². The minimum atomic E-state index is -1.13. The summed E-state index contributed by atoms with van der Waals surface area (Å²) in [5.41, 5.74) is 0.683. The maximum absolute atomic E-state index is 12.3. The summed E-state index contributed by atoms with van der Waals surface area (Å²) in [5.74, 6) is -1.39. The van der Waals surface area contributed by atoms with E-state index in [1.807, 2.05) is 0 Å². The van der Waals surface area contributed by atoms with Gasteiger partial charge in [-0.05, 0) is 30.3 Å². The Morgan fingerprint density at radius 1 is 1.09 bits per heavy atom. The fraction of sp³-hybridized carbons (Fsp3) is 0.0667. The molecule has 0 heterocycles. The molecule has 114 valence electrons. The van der Waals surface area contributed by atoms with Gasteiger partial charge < -0.3 is 15.2 Å². The molecule has 5 nitrogen and oxygen atoms in total. The Morgan fingerprint density at radius 2 is 1.82 bits per heavy atom. The maximum atomic E-state index is 12.3. The number of hydrogen-bond acceptors (Lipinski definition) is 3. The van der Waals surface area contributed by atoms with Gasteiger partial charge in [-0.1, -0.05) is 35.3 Å². The third kappa shape index (κ3) is 4.13. The summed E-state index contributed by atoms with van der Waals surface area (Å²) in [7, 11) is 0. The van der Waals surface area contributed by atoms with E-state index < -0.39 is 18.5 Å². The van der Waals surface area contributed by atoms with Gasteiger partial charge in [-0.3, -0.25) is 4.79 Å². The monoisotopic (exact) mass is 339 g/mol. The van der Waals surface area contributed by atoms with Crippen molar-refractivity contribution in [3.05, 3.63) is 58.1 Å². The summed E-state index contributed by atoms with van der Waals surface area (Å²) in [6, 6.07) is 11.0. The first-order valence-corrected chi connectivity index (χ1v) is 6.93. The van der Waals surface area contributed by atoms with Crippen LogP contribution in [0.2, 0.25) is 10.0 Å². The molecule has 2 aromatic carbocycles. The first-order valence-electron chi connectivity index (χ1n) is 6.17. The summed E-state index contributed by atoms with van der Waals surface area (Å²) in [6.07, 6.45) is 0. The van der Waals surface area contributed by atoms with Gasteiger partial charge in [0, 0.05) is 5.69 Å². The van der Waals surface area contributed by atoms with E-state index in [9.17, 15) is 9.59 Å². The minimum absolute atomic E-state index is 0.183. The molecule has 0 aromatic heterocycles. The molecule has 2 rings (SSSR count). The lowest BCUT2D eigenvalue weighted by molar-refractivity contribution is -0.139. The first kappa shape index (κ1) is 16.1. The zero-order valence-electron chi connectivity index (χ0n) is 11.2. The minimum Gasteiger partial charge on any atom is -0.481 e. The van der Waals surface area contributed by atoms with Crippen molar-refractivity contribution in [1.82, 2.24) is 0 Å². The number of nitrogens with one attached hydrogen (secondary N) is 1. The summed E-state index contributed by atoms with van der Waals surface area (Å²) in [6.45, 7) is -0.531. The molecule has 0 radical (unpaired) electrons. The van der Waals surface area contributed by atoms with Crippen LogP contribution in [0.25, 0.3) is 0 Å². The molecule has 0 aliphatic heterocycles. The number of anilines is 1. The van der Waals surface area contributed by atoms with Gasteiger partial charge in [0.2, 0.25) is 0 Å². The standard InChI is InChI=1S/C15H11Cl2NO4/c16-11-6-5-9(7-12(11)17)18-15(21)10-3-1-2-4-13(10)22-8-14(19)20/h1-7H,8H2,(H,18,21)(H,19,20). The molecule has 2 aromatic rings. The molecule has 0 saturated heterocycles. The van der Waals surface area contributed by atoms with Gasteiger partial charge in [-0.2, -0.15) is 0 Å². The zero-order chi connectivity index (χ0) is 16.1. The average Bonchev–Trinajstić information content (AvgIpc) is 2.49. The highest BCUT2D eigenvalue weighted by Gasteiger charge is 2.13. The van der Waals surface area contributed by atoms with Crippen LogP contribution in [0.4, 0.5) is 5.69 Å². The number of halogens is 2. The Morgan fingerprint density at radius 3 is 2.50 bits per heavy atom. The number of carboxylic acid groups (broad SMARTS) is 1. The van der Waals surface area contributed by atoms with E-state index in [0.717, 1.165) is 0 Å². The highest BCUT2D eigenvalue weighted by atomic mass is 35.5. The number of carboxylic acids is 1. The number of carbonyl (C=O) groups excluding carboxylic acids is 1. The Labute approximate surface area is 136 Å². The summed E-state index contributed by atoms with van der Waals surface area (Å²) in [4.78, 5) is 22.8. The van der Waals surface area contributed by atoms with Crippen LogP contribution in [0.3, 0.4) is 0 Å². The van der Waals surface area contributed by atoms with Crippen LogP contribution in [0.15, 0.2) is 42.5 Å². The molecule has 0 unspecified atom stereocenters. The molecule has 7 heteroatoms.